The average molecular weight is 371 g/mol. The molecule has 2 aliphatic heterocycles. The molecule has 1 fully saturated rings. The van der Waals surface area contributed by atoms with Crippen LogP contribution in [0.15, 0.2) is 27.4 Å². The second kappa shape index (κ2) is 7.72. The molecule has 0 spiro atoms. The highest BCUT2D eigenvalue weighted by atomic mass is 16.5. The van der Waals surface area contributed by atoms with Crippen LogP contribution in [-0.4, -0.2) is 37.2 Å². The van der Waals surface area contributed by atoms with Crippen molar-refractivity contribution < 1.29 is 18.8 Å². The van der Waals surface area contributed by atoms with Gasteiger partial charge in [-0.2, -0.15) is 0 Å². The van der Waals surface area contributed by atoms with E-state index < -0.39 is 0 Å². The molecule has 6 nitrogen and oxygen atoms in total. The molecule has 1 aromatic carbocycles. The summed E-state index contributed by atoms with van der Waals surface area (Å²) in [5.74, 6) is 1.10. The maximum atomic E-state index is 12.0. The number of nitrogens with one attached hydrogen (secondary N) is 1. The van der Waals surface area contributed by atoms with Crippen molar-refractivity contribution in [2.45, 2.75) is 45.6 Å². The van der Waals surface area contributed by atoms with E-state index in [4.69, 9.17) is 9.15 Å². The number of carbonyl (C=O) groups excluding carboxylic acids is 1. The van der Waals surface area contributed by atoms with Crippen molar-refractivity contribution in [2.24, 2.45) is 0 Å². The molecule has 27 heavy (non-hydrogen) atoms. The summed E-state index contributed by atoms with van der Waals surface area (Å²) in [5.41, 5.74) is 2.42. The summed E-state index contributed by atoms with van der Waals surface area (Å²) < 4.78 is 11.5. The number of nitrogens with zero attached hydrogens (tertiary/aromatic N) is 1. The van der Waals surface area contributed by atoms with Crippen LogP contribution in [0.4, 0.5) is 0 Å². The Hall–Kier alpha value is -2.34. The summed E-state index contributed by atoms with van der Waals surface area (Å²) in [6.07, 6.45) is 4.48. The van der Waals surface area contributed by atoms with Crippen LogP contribution in [0.25, 0.3) is 11.0 Å². The third kappa shape index (κ3) is 3.72. The summed E-state index contributed by atoms with van der Waals surface area (Å²) in [6, 6.07) is 5.61. The molecule has 1 aromatic heterocycles. The Morgan fingerprint density at radius 2 is 2.15 bits per heavy atom. The topological polar surface area (TPSA) is 64.2 Å². The zero-order valence-electron chi connectivity index (χ0n) is 15.9. The Kier molecular flexibility index (Phi) is 5.16. The summed E-state index contributed by atoms with van der Waals surface area (Å²) in [5, 5.41) is 1.02. The monoisotopic (exact) mass is 371 g/mol. The second-order valence-electron chi connectivity index (χ2n) is 7.56. The van der Waals surface area contributed by atoms with E-state index in [1.165, 1.54) is 4.90 Å². The Morgan fingerprint density at radius 3 is 2.93 bits per heavy atom. The summed E-state index contributed by atoms with van der Waals surface area (Å²) >= 11 is 0. The first-order valence-electron chi connectivity index (χ1n) is 9.98. The van der Waals surface area contributed by atoms with E-state index in [1.807, 2.05) is 17.0 Å². The van der Waals surface area contributed by atoms with Crippen LogP contribution in [0.5, 0.6) is 5.75 Å². The highest BCUT2D eigenvalue weighted by Gasteiger charge is 2.26. The average Bonchev–Trinajstić information content (AvgIpc) is 3.07. The van der Waals surface area contributed by atoms with Gasteiger partial charge in [-0.3, -0.25) is 9.69 Å². The van der Waals surface area contributed by atoms with E-state index in [2.05, 4.69) is 6.92 Å². The lowest BCUT2D eigenvalue weighted by atomic mass is 10.0. The molecule has 1 N–H and O–H groups in total. The third-order valence-electron chi connectivity index (χ3n) is 5.57. The maximum absolute atomic E-state index is 12.0. The van der Waals surface area contributed by atoms with Crippen LogP contribution in [-0.2, 0) is 17.8 Å². The van der Waals surface area contributed by atoms with E-state index in [9.17, 15) is 9.59 Å². The van der Waals surface area contributed by atoms with Crippen LogP contribution in [0.2, 0.25) is 0 Å². The van der Waals surface area contributed by atoms with Gasteiger partial charge in [-0.1, -0.05) is 13.3 Å². The quantitative estimate of drug-likeness (QED) is 0.782. The normalized spacial score (nSPS) is 19.4. The molecular weight excluding hydrogens is 344 g/mol. The first kappa shape index (κ1) is 18.0. The van der Waals surface area contributed by atoms with Crippen molar-refractivity contribution in [3.63, 3.8) is 0 Å². The molecule has 0 radical (unpaired) electrons. The largest absolute Gasteiger partial charge is 0.445 e. The molecule has 2 aliphatic rings. The first-order chi connectivity index (χ1) is 13.2. The highest BCUT2D eigenvalue weighted by Crippen LogP contribution is 2.30. The number of likely N-dealkylation sites (tertiary alicyclic amines) is 1. The van der Waals surface area contributed by atoms with Crippen molar-refractivity contribution in [1.29, 1.82) is 0 Å². The Labute approximate surface area is 158 Å². The smallest absolute Gasteiger partial charge is 0.336 e. The van der Waals surface area contributed by atoms with Crippen LogP contribution in [0.3, 0.4) is 0 Å². The minimum Gasteiger partial charge on any atom is -0.445 e. The molecule has 6 heteroatoms. The Bertz CT molecular complexity index is 905. The predicted molar refractivity (Wildman–Crippen MR) is 102 cm³/mol. The molecular formula is C21H27N2O4+. The van der Waals surface area contributed by atoms with E-state index >= 15 is 0 Å². The zero-order valence-corrected chi connectivity index (χ0v) is 15.9. The van der Waals surface area contributed by atoms with Crippen molar-refractivity contribution in [3.8, 4) is 5.75 Å². The summed E-state index contributed by atoms with van der Waals surface area (Å²) in [4.78, 5) is 27.0. The van der Waals surface area contributed by atoms with Crippen molar-refractivity contribution >= 4 is 16.9 Å². The number of hydrogen-bond acceptors (Lipinski definition) is 4. The van der Waals surface area contributed by atoms with E-state index in [1.54, 1.807) is 6.07 Å². The fourth-order valence-electron chi connectivity index (χ4n) is 4.21. The van der Waals surface area contributed by atoms with Gasteiger partial charge in [0.2, 0.25) is 12.6 Å². The van der Waals surface area contributed by atoms with Gasteiger partial charge in [-0.15, -0.1) is 0 Å². The molecule has 0 bridgehead atoms. The van der Waals surface area contributed by atoms with Crippen LogP contribution in [0.1, 0.15) is 43.7 Å². The van der Waals surface area contributed by atoms with Gasteiger partial charge in [-0.05, 0) is 30.5 Å². The van der Waals surface area contributed by atoms with Crippen LogP contribution in [0, 0.1) is 0 Å². The number of fused-ring (bicyclic) bond motifs is 3. The summed E-state index contributed by atoms with van der Waals surface area (Å²) in [7, 11) is 0. The van der Waals surface area contributed by atoms with Crippen molar-refractivity contribution in [2.75, 3.05) is 26.4 Å². The Balaban J connectivity index is 1.51. The third-order valence-corrected chi connectivity index (χ3v) is 5.57. The molecule has 144 valence electrons. The molecule has 0 aliphatic carbocycles. The van der Waals surface area contributed by atoms with E-state index in [0.29, 0.717) is 18.7 Å². The van der Waals surface area contributed by atoms with Crippen LogP contribution < -0.4 is 15.3 Å². The van der Waals surface area contributed by atoms with Gasteiger partial charge in [0, 0.05) is 37.4 Å². The number of amides is 1. The molecule has 2 aromatic rings. The lowest BCUT2D eigenvalue weighted by Gasteiger charge is -2.27. The van der Waals surface area contributed by atoms with Gasteiger partial charge in [0.15, 0.2) is 5.58 Å². The lowest BCUT2D eigenvalue weighted by molar-refractivity contribution is -0.932. The molecule has 1 amide bonds. The Morgan fingerprint density at radius 1 is 1.26 bits per heavy atom. The van der Waals surface area contributed by atoms with Crippen LogP contribution >= 0.6 is 0 Å². The number of quaternary nitrogens is 1. The standard InChI is InChI=1S/C21H26N2O4/c1-2-5-15-12-20(25)27-21-16(15)7-8-18-17(21)13-22(14-26-18)9-4-11-23-10-3-6-19(23)24/h7-8,12H,2-6,9-11,13-14H2,1H3/p+1. The predicted octanol–water partition coefficient (Wildman–Crippen LogP) is 1.49. The van der Waals surface area contributed by atoms with Gasteiger partial charge in [0.05, 0.1) is 12.1 Å². The fourth-order valence-corrected chi connectivity index (χ4v) is 4.21. The number of aryl methyl sites for hydroxylation is 1. The lowest BCUT2D eigenvalue weighted by Crippen LogP contribution is -3.12. The molecule has 4 rings (SSSR count). The summed E-state index contributed by atoms with van der Waals surface area (Å²) in [6.45, 7) is 6.13. The minimum atomic E-state index is -0.293. The molecule has 1 atom stereocenters. The fraction of sp³-hybridized carbons (Fsp3) is 0.524. The SMILES string of the molecule is CCCc1cc(=O)oc2c3c(ccc12)OC[NH+](CCCN1CCCC1=O)C3. The van der Waals surface area contributed by atoms with Gasteiger partial charge >= 0.3 is 5.63 Å². The van der Waals surface area contributed by atoms with E-state index in [-0.39, 0.29) is 11.5 Å². The van der Waals surface area contributed by atoms with Gasteiger partial charge in [0.1, 0.15) is 12.3 Å². The first-order valence-corrected chi connectivity index (χ1v) is 9.98. The minimum absolute atomic E-state index is 0.279. The van der Waals surface area contributed by atoms with Gasteiger partial charge < -0.3 is 14.1 Å². The molecule has 0 saturated carbocycles. The van der Waals surface area contributed by atoms with Crippen molar-refractivity contribution in [1.82, 2.24) is 4.90 Å². The number of carbonyl (C=O) groups is 1. The number of ether oxygens (including phenoxy) is 1. The second-order valence-corrected chi connectivity index (χ2v) is 7.56. The van der Waals surface area contributed by atoms with Gasteiger partial charge in [0.25, 0.3) is 0 Å². The number of hydrogen-bond donors (Lipinski definition) is 1. The molecule has 3 heterocycles. The number of rotatable bonds is 6. The molecule has 1 saturated heterocycles. The highest BCUT2D eigenvalue weighted by molar-refractivity contribution is 5.85. The molecule has 1 unspecified atom stereocenters. The van der Waals surface area contributed by atoms with Crippen molar-refractivity contribution in [3.05, 3.63) is 39.7 Å². The van der Waals surface area contributed by atoms with E-state index in [0.717, 1.165) is 74.1 Å². The zero-order chi connectivity index (χ0) is 18.8. The van der Waals surface area contributed by atoms with Gasteiger partial charge in [-0.25, -0.2) is 4.79 Å². The number of benzene rings is 1. The maximum Gasteiger partial charge on any atom is 0.336 e.